The number of carbonyl (C=O) groups excluding carboxylic acids is 1. The summed E-state index contributed by atoms with van der Waals surface area (Å²) in [6, 6.07) is 16.0. The molecule has 1 atom stereocenters. The number of amides is 1. The first-order chi connectivity index (χ1) is 13.1. The molecular formula is C21H25N5O. The van der Waals surface area contributed by atoms with Gasteiger partial charge in [0, 0.05) is 12.6 Å². The fraction of sp³-hybridized carbons (Fsp3) is 0.286. The van der Waals surface area contributed by atoms with Crippen LogP contribution in [-0.2, 0) is 6.54 Å². The third-order valence-electron chi connectivity index (χ3n) is 4.33. The molecule has 2 aromatic carbocycles. The van der Waals surface area contributed by atoms with Gasteiger partial charge >= 0.3 is 0 Å². The molecule has 6 nitrogen and oxygen atoms in total. The lowest BCUT2D eigenvalue weighted by molar-refractivity contribution is 0.0938. The molecule has 0 unspecified atom stereocenters. The average Bonchev–Trinajstić information content (AvgIpc) is 3.20. The van der Waals surface area contributed by atoms with E-state index < -0.39 is 0 Å². The molecule has 1 amide bonds. The fourth-order valence-electron chi connectivity index (χ4n) is 2.87. The quantitative estimate of drug-likeness (QED) is 0.604. The number of aromatic nitrogens is 3. The zero-order chi connectivity index (χ0) is 19.1. The molecule has 0 aliphatic heterocycles. The van der Waals surface area contributed by atoms with Gasteiger partial charge in [0.15, 0.2) is 0 Å². The molecule has 0 bridgehead atoms. The summed E-state index contributed by atoms with van der Waals surface area (Å²) in [5, 5.41) is 14.8. The second-order valence-corrected chi connectivity index (χ2v) is 6.66. The van der Waals surface area contributed by atoms with Gasteiger partial charge in [0.25, 0.3) is 5.91 Å². The molecule has 2 N–H and O–H groups in total. The van der Waals surface area contributed by atoms with Crippen molar-refractivity contribution in [3.05, 3.63) is 77.6 Å². The molecule has 1 heterocycles. The predicted octanol–water partition coefficient (Wildman–Crippen LogP) is 2.87. The van der Waals surface area contributed by atoms with Crippen molar-refractivity contribution in [3.63, 3.8) is 0 Å². The molecule has 0 saturated carbocycles. The van der Waals surface area contributed by atoms with Crippen LogP contribution in [0.4, 0.5) is 0 Å². The maximum Gasteiger partial charge on any atom is 0.253 e. The molecule has 0 fully saturated rings. The molecule has 0 spiro atoms. The summed E-state index contributed by atoms with van der Waals surface area (Å²) in [4.78, 5) is 14.2. The molecule has 0 saturated heterocycles. The van der Waals surface area contributed by atoms with Crippen LogP contribution in [0.15, 0.2) is 60.9 Å². The normalized spacial score (nSPS) is 11.9. The monoisotopic (exact) mass is 363 g/mol. The summed E-state index contributed by atoms with van der Waals surface area (Å²) in [6.45, 7) is 5.64. The van der Waals surface area contributed by atoms with Gasteiger partial charge in [0.05, 0.1) is 23.6 Å². The smallest absolute Gasteiger partial charge is 0.253 e. The van der Waals surface area contributed by atoms with Gasteiger partial charge in [0.2, 0.25) is 0 Å². The standard InChI is InChI=1S/C21H25N5O/c1-16-8-9-20(26-23-12-13-24-26)19(14-16)21(27)25-17(2)10-11-22-15-18-6-4-3-5-7-18/h3-9,12-14,17,22H,10-11,15H2,1-2H3,(H,25,27)/t17-/m0/s1. The lowest BCUT2D eigenvalue weighted by atomic mass is 10.1. The van der Waals surface area contributed by atoms with E-state index in [1.165, 1.54) is 10.4 Å². The number of nitrogens with one attached hydrogen (secondary N) is 2. The summed E-state index contributed by atoms with van der Waals surface area (Å²) >= 11 is 0. The van der Waals surface area contributed by atoms with Gasteiger partial charge in [-0.1, -0.05) is 42.0 Å². The number of benzene rings is 2. The van der Waals surface area contributed by atoms with Crippen LogP contribution < -0.4 is 10.6 Å². The van der Waals surface area contributed by atoms with Crippen LogP contribution in [0.1, 0.15) is 34.8 Å². The summed E-state index contributed by atoms with van der Waals surface area (Å²) < 4.78 is 0. The van der Waals surface area contributed by atoms with E-state index in [4.69, 9.17) is 0 Å². The molecule has 3 aromatic rings. The van der Waals surface area contributed by atoms with Crippen LogP contribution in [0.3, 0.4) is 0 Å². The zero-order valence-electron chi connectivity index (χ0n) is 15.7. The van der Waals surface area contributed by atoms with E-state index in [0.717, 1.165) is 25.1 Å². The van der Waals surface area contributed by atoms with Crippen molar-refractivity contribution in [1.29, 1.82) is 0 Å². The molecular weight excluding hydrogens is 338 g/mol. The first kappa shape index (κ1) is 18.8. The summed E-state index contributed by atoms with van der Waals surface area (Å²) in [5.74, 6) is -0.110. The number of hydrogen-bond acceptors (Lipinski definition) is 4. The fourth-order valence-corrected chi connectivity index (χ4v) is 2.87. The van der Waals surface area contributed by atoms with E-state index in [0.29, 0.717) is 11.3 Å². The number of carbonyl (C=O) groups is 1. The van der Waals surface area contributed by atoms with E-state index in [9.17, 15) is 4.79 Å². The van der Waals surface area contributed by atoms with E-state index in [-0.39, 0.29) is 11.9 Å². The van der Waals surface area contributed by atoms with Crippen LogP contribution in [0, 0.1) is 6.92 Å². The van der Waals surface area contributed by atoms with Crippen LogP contribution in [0.25, 0.3) is 5.69 Å². The van der Waals surface area contributed by atoms with Gasteiger partial charge in [-0.3, -0.25) is 4.79 Å². The Balaban J connectivity index is 1.55. The highest BCUT2D eigenvalue weighted by molar-refractivity contribution is 5.98. The second kappa shape index (κ2) is 9.09. The highest BCUT2D eigenvalue weighted by Gasteiger charge is 2.16. The maximum atomic E-state index is 12.8. The number of rotatable bonds is 8. The highest BCUT2D eigenvalue weighted by atomic mass is 16.1. The Hall–Kier alpha value is -2.99. The Labute approximate surface area is 159 Å². The van der Waals surface area contributed by atoms with Crippen LogP contribution in [0.2, 0.25) is 0 Å². The topological polar surface area (TPSA) is 71.8 Å². The summed E-state index contributed by atoms with van der Waals surface area (Å²) in [6.07, 6.45) is 4.05. The van der Waals surface area contributed by atoms with Crippen LogP contribution in [-0.4, -0.2) is 33.5 Å². The van der Waals surface area contributed by atoms with Gasteiger partial charge in [-0.25, -0.2) is 0 Å². The number of aryl methyl sites for hydroxylation is 1. The van der Waals surface area contributed by atoms with E-state index in [1.807, 2.05) is 50.2 Å². The van der Waals surface area contributed by atoms with Crippen molar-refractivity contribution >= 4 is 5.91 Å². The molecule has 0 aliphatic carbocycles. The third kappa shape index (κ3) is 5.24. The molecule has 27 heavy (non-hydrogen) atoms. The van der Waals surface area contributed by atoms with E-state index in [1.54, 1.807) is 12.4 Å². The molecule has 1 aromatic heterocycles. The van der Waals surface area contributed by atoms with E-state index >= 15 is 0 Å². The first-order valence-electron chi connectivity index (χ1n) is 9.16. The van der Waals surface area contributed by atoms with Crippen molar-refractivity contribution in [3.8, 4) is 5.69 Å². The highest BCUT2D eigenvalue weighted by Crippen LogP contribution is 2.15. The van der Waals surface area contributed by atoms with Crippen LogP contribution in [0.5, 0.6) is 0 Å². The lowest BCUT2D eigenvalue weighted by Gasteiger charge is -2.16. The van der Waals surface area contributed by atoms with Gasteiger partial charge in [0.1, 0.15) is 0 Å². The van der Waals surface area contributed by atoms with Gasteiger partial charge < -0.3 is 10.6 Å². The largest absolute Gasteiger partial charge is 0.349 e. The van der Waals surface area contributed by atoms with Gasteiger partial charge in [-0.15, -0.1) is 0 Å². The Kier molecular flexibility index (Phi) is 6.33. The lowest BCUT2D eigenvalue weighted by Crippen LogP contribution is -2.35. The minimum atomic E-state index is -0.110. The summed E-state index contributed by atoms with van der Waals surface area (Å²) in [7, 11) is 0. The third-order valence-corrected chi connectivity index (χ3v) is 4.33. The van der Waals surface area contributed by atoms with Crippen molar-refractivity contribution in [2.75, 3.05) is 6.54 Å². The van der Waals surface area contributed by atoms with Crippen LogP contribution >= 0.6 is 0 Å². The Morgan fingerprint density at radius 3 is 2.59 bits per heavy atom. The molecule has 3 rings (SSSR count). The van der Waals surface area contributed by atoms with Crippen molar-refractivity contribution in [2.45, 2.75) is 32.9 Å². The Bertz CT molecular complexity index is 862. The first-order valence-corrected chi connectivity index (χ1v) is 9.16. The van der Waals surface area contributed by atoms with Crippen molar-refractivity contribution < 1.29 is 4.79 Å². The second-order valence-electron chi connectivity index (χ2n) is 6.66. The van der Waals surface area contributed by atoms with Gasteiger partial charge in [-0.05, 0) is 44.5 Å². The molecule has 140 valence electrons. The Morgan fingerprint density at radius 2 is 1.85 bits per heavy atom. The number of hydrogen-bond donors (Lipinski definition) is 2. The molecule has 6 heteroatoms. The molecule has 0 aliphatic rings. The minimum Gasteiger partial charge on any atom is -0.349 e. The zero-order valence-corrected chi connectivity index (χ0v) is 15.7. The maximum absolute atomic E-state index is 12.8. The number of nitrogens with zero attached hydrogens (tertiary/aromatic N) is 3. The van der Waals surface area contributed by atoms with Gasteiger partial charge in [-0.2, -0.15) is 15.0 Å². The van der Waals surface area contributed by atoms with E-state index in [2.05, 4.69) is 33.0 Å². The SMILES string of the molecule is Cc1ccc(-n2nccn2)c(C(=O)N[C@@H](C)CCNCc2ccccc2)c1. The van der Waals surface area contributed by atoms with Crippen molar-refractivity contribution in [2.24, 2.45) is 0 Å². The Morgan fingerprint density at radius 1 is 1.11 bits per heavy atom. The minimum absolute atomic E-state index is 0.0553. The molecule has 0 radical (unpaired) electrons. The average molecular weight is 363 g/mol. The summed E-state index contributed by atoms with van der Waals surface area (Å²) in [5.41, 5.74) is 3.53. The van der Waals surface area contributed by atoms with Crippen molar-refractivity contribution in [1.82, 2.24) is 25.6 Å². The predicted molar refractivity (Wildman–Crippen MR) is 106 cm³/mol.